The molecule has 0 amide bonds. The number of thiazole rings is 1. The molecule has 2 heterocycles. The van der Waals surface area contributed by atoms with Crippen molar-refractivity contribution < 1.29 is 4.74 Å². The number of imidazole rings is 1. The SMILES string of the molecule is Clc1cccc(CBr)c1OCc1cn2ccsc2n1. The molecule has 3 nitrogen and oxygen atoms in total. The third-order valence-electron chi connectivity index (χ3n) is 2.70. The fourth-order valence-electron chi connectivity index (χ4n) is 1.81. The van der Waals surface area contributed by atoms with Gasteiger partial charge in [0.15, 0.2) is 4.96 Å². The summed E-state index contributed by atoms with van der Waals surface area (Å²) >= 11 is 11.2. The van der Waals surface area contributed by atoms with Crippen molar-refractivity contribution in [3.05, 3.63) is 52.3 Å². The van der Waals surface area contributed by atoms with Crippen molar-refractivity contribution in [2.24, 2.45) is 0 Å². The summed E-state index contributed by atoms with van der Waals surface area (Å²) in [6, 6.07) is 5.73. The van der Waals surface area contributed by atoms with Crippen LogP contribution >= 0.6 is 38.9 Å². The second kappa shape index (κ2) is 5.53. The topological polar surface area (TPSA) is 26.5 Å². The quantitative estimate of drug-likeness (QED) is 0.642. The van der Waals surface area contributed by atoms with E-state index in [0.717, 1.165) is 22.0 Å². The van der Waals surface area contributed by atoms with Crippen molar-refractivity contribution in [3.8, 4) is 5.75 Å². The molecule has 0 saturated heterocycles. The number of ether oxygens (including phenoxy) is 1. The van der Waals surface area contributed by atoms with Crippen LogP contribution in [0.5, 0.6) is 5.75 Å². The average molecular weight is 358 g/mol. The van der Waals surface area contributed by atoms with E-state index in [1.807, 2.05) is 40.4 Å². The van der Waals surface area contributed by atoms with Gasteiger partial charge < -0.3 is 4.74 Å². The zero-order valence-electron chi connectivity index (χ0n) is 9.85. The molecular formula is C13H10BrClN2OS. The maximum atomic E-state index is 6.16. The molecule has 0 atom stereocenters. The number of alkyl halides is 1. The van der Waals surface area contributed by atoms with Gasteiger partial charge in [-0.05, 0) is 6.07 Å². The van der Waals surface area contributed by atoms with E-state index < -0.39 is 0 Å². The van der Waals surface area contributed by atoms with E-state index in [-0.39, 0.29) is 0 Å². The summed E-state index contributed by atoms with van der Waals surface area (Å²) in [6.07, 6.45) is 3.95. The van der Waals surface area contributed by atoms with Crippen LogP contribution in [0.2, 0.25) is 5.02 Å². The Balaban J connectivity index is 1.80. The first kappa shape index (κ1) is 13.0. The van der Waals surface area contributed by atoms with E-state index in [0.29, 0.717) is 17.0 Å². The molecule has 0 aliphatic rings. The van der Waals surface area contributed by atoms with Crippen LogP contribution in [-0.2, 0) is 11.9 Å². The number of rotatable bonds is 4. The summed E-state index contributed by atoms with van der Waals surface area (Å²) in [5.74, 6) is 0.720. The van der Waals surface area contributed by atoms with Crippen molar-refractivity contribution in [3.63, 3.8) is 0 Å². The fourth-order valence-corrected chi connectivity index (χ4v) is 3.22. The molecule has 0 radical (unpaired) electrons. The maximum Gasteiger partial charge on any atom is 0.193 e. The summed E-state index contributed by atoms with van der Waals surface area (Å²) in [5.41, 5.74) is 1.93. The van der Waals surface area contributed by atoms with Crippen LogP contribution < -0.4 is 4.74 Å². The molecule has 19 heavy (non-hydrogen) atoms. The van der Waals surface area contributed by atoms with Gasteiger partial charge in [0.1, 0.15) is 12.4 Å². The molecule has 3 rings (SSSR count). The van der Waals surface area contributed by atoms with Gasteiger partial charge in [-0.3, -0.25) is 4.40 Å². The largest absolute Gasteiger partial charge is 0.485 e. The first-order valence-electron chi connectivity index (χ1n) is 5.65. The number of hydrogen-bond donors (Lipinski definition) is 0. The highest BCUT2D eigenvalue weighted by molar-refractivity contribution is 9.08. The minimum atomic E-state index is 0.415. The first-order valence-corrected chi connectivity index (χ1v) is 8.03. The third-order valence-corrected chi connectivity index (χ3v) is 4.37. The number of benzene rings is 1. The lowest BCUT2D eigenvalue weighted by molar-refractivity contribution is 0.300. The van der Waals surface area contributed by atoms with E-state index in [1.165, 1.54) is 0 Å². The molecule has 0 saturated carbocycles. The summed E-state index contributed by atoms with van der Waals surface area (Å²) in [7, 11) is 0. The normalized spacial score (nSPS) is 11.1. The molecule has 0 N–H and O–H groups in total. The smallest absolute Gasteiger partial charge is 0.193 e. The van der Waals surface area contributed by atoms with Gasteiger partial charge in [0.2, 0.25) is 0 Å². The molecule has 0 fully saturated rings. The second-order valence-electron chi connectivity index (χ2n) is 3.98. The predicted molar refractivity (Wildman–Crippen MR) is 81.5 cm³/mol. The Morgan fingerprint density at radius 3 is 3.11 bits per heavy atom. The number of nitrogens with zero attached hydrogens (tertiary/aromatic N) is 2. The van der Waals surface area contributed by atoms with Crippen LogP contribution in [0.4, 0.5) is 0 Å². The molecule has 0 aliphatic heterocycles. The zero-order chi connectivity index (χ0) is 13.2. The molecular weight excluding hydrogens is 348 g/mol. The lowest BCUT2D eigenvalue weighted by Gasteiger charge is -2.10. The predicted octanol–water partition coefficient (Wildman–Crippen LogP) is 4.52. The monoisotopic (exact) mass is 356 g/mol. The van der Waals surface area contributed by atoms with Crippen molar-refractivity contribution >= 4 is 43.8 Å². The molecule has 6 heteroatoms. The first-order chi connectivity index (χ1) is 9.28. The molecule has 0 unspecified atom stereocenters. The van der Waals surface area contributed by atoms with Crippen LogP contribution in [0.25, 0.3) is 4.96 Å². The molecule has 2 aromatic heterocycles. The Labute approximate surface area is 127 Å². The summed E-state index contributed by atoms with van der Waals surface area (Å²) in [5, 5.41) is 3.34. The Kier molecular flexibility index (Phi) is 3.77. The number of aromatic nitrogens is 2. The highest BCUT2D eigenvalue weighted by atomic mass is 79.9. The van der Waals surface area contributed by atoms with Crippen LogP contribution in [-0.4, -0.2) is 9.38 Å². The van der Waals surface area contributed by atoms with E-state index in [9.17, 15) is 0 Å². The Morgan fingerprint density at radius 1 is 1.42 bits per heavy atom. The number of hydrogen-bond acceptors (Lipinski definition) is 3. The Bertz CT molecular complexity index is 681. The van der Waals surface area contributed by atoms with Gasteiger partial charge in [0.25, 0.3) is 0 Å². The van der Waals surface area contributed by atoms with Crippen molar-refractivity contribution in [1.82, 2.24) is 9.38 Å². The van der Waals surface area contributed by atoms with Crippen molar-refractivity contribution in [2.75, 3.05) is 0 Å². The highest BCUT2D eigenvalue weighted by Crippen LogP contribution is 2.30. The minimum absolute atomic E-state index is 0.415. The Hall–Kier alpha value is -1.04. The average Bonchev–Trinajstić information content (AvgIpc) is 2.97. The second-order valence-corrected chi connectivity index (χ2v) is 5.82. The number of para-hydroxylation sites is 1. The van der Waals surface area contributed by atoms with Crippen LogP contribution in [0, 0.1) is 0 Å². The lowest BCUT2D eigenvalue weighted by atomic mass is 10.2. The van der Waals surface area contributed by atoms with E-state index >= 15 is 0 Å². The Morgan fingerprint density at radius 2 is 2.32 bits per heavy atom. The molecule has 98 valence electrons. The summed E-state index contributed by atoms with van der Waals surface area (Å²) in [6.45, 7) is 0.415. The zero-order valence-corrected chi connectivity index (χ0v) is 13.0. The van der Waals surface area contributed by atoms with E-state index in [4.69, 9.17) is 16.3 Å². The molecule has 0 aliphatic carbocycles. The van der Waals surface area contributed by atoms with Gasteiger partial charge in [0, 0.05) is 28.7 Å². The van der Waals surface area contributed by atoms with Crippen LogP contribution in [0.3, 0.4) is 0 Å². The summed E-state index contributed by atoms with van der Waals surface area (Å²) < 4.78 is 7.80. The van der Waals surface area contributed by atoms with Gasteiger partial charge in [-0.15, -0.1) is 11.3 Å². The molecule has 1 aromatic carbocycles. The van der Waals surface area contributed by atoms with Crippen molar-refractivity contribution in [1.29, 1.82) is 0 Å². The molecule has 0 spiro atoms. The fraction of sp³-hybridized carbons (Fsp3) is 0.154. The highest BCUT2D eigenvalue weighted by Gasteiger charge is 2.09. The standard InChI is InChI=1S/C13H10BrClN2OS/c14-6-9-2-1-3-11(15)12(9)18-8-10-7-17-4-5-19-13(17)16-10/h1-5,7H,6,8H2. The van der Waals surface area contributed by atoms with Gasteiger partial charge >= 0.3 is 0 Å². The van der Waals surface area contributed by atoms with Gasteiger partial charge in [-0.1, -0.05) is 39.7 Å². The summed E-state index contributed by atoms with van der Waals surface area (Å²) in [4.78, 5) is 5.45. The maximum absolute atomic E-state index is 6.16. The van der Waals surface area contributed by atoms with E-state index in [1.54, 1.807) is 11.3 Å². The van der Waals surface area contributed by atoms with Gasteiger partial charge in [0.05, 0.1) is 10.7 Å². The number of fused-ring (bicyclic) bond motifs is 1. The number of halogens is 2. The van der Waals surface area contributed by atoms with Gasteiger partial charge in [-0.2, -0.15) is 0 Å². The van der Waals surface area contributed by atoms with Gasteiger partial charge in [-0.25, -0.2) is 4.98 Å². The minimum Gasteiger partial charge on any atom is -0.485 e. The third kappa shape index (κ3) is 2.63. The van der Waals surface area contributed by atoms with Crippen molar-refractivity contribution in [2.45, 2.75) is 11.9 Å². The van der Waals surface area contributed by atoms with Crippen LogP contribution in [0.15, 0.2) is 36.0 Å². The van der Waals surface area contributed by atoms with E-state index in [2.05, 4.69) is 20.9 Å². The molecule has 3 aromatic rings. The van der Waals surface area contributed by atoms with Crippen LogP contribution in [0.1, 0.15) is 11.3 Å². The molecule has 0 bridgehead atoms. The lowest BCUT2D eigenvalue weighted by Crippen LogP contribution is -1.98.